The Morgan fingerprint density at radius 3 is 2.63 bits per heavy atom. The zero-order chi connectivity index (χ0) is 14.2. The second-order valence-corrected chi connectivity index (χ2v) is 6.62. The summed E-state index contributed by atoms with van der Waals surface area (Å²) in [6.07, 6.45) is -1.99. The van der Waals surface area contributed by atoms with Crippen molar-refractivity contribution >= 4 is 16.9 Å². The highest BCUT2D eigenvalue weighted by molar-refractivity contribution is 8.14. The number of aliphatic imine (C=N–C) groups is 1. The molecule has 2 aliphatic heterocycles. The van der Waals surface area contributed by atoms with Crippen LogP contribution in [0.5, 0.6) is 0 Å². The van der Waals surface area contributed by atoms with Crippen molar-refractivity contribution in [3.05, 3.63) is 0 Å². The molecule has 2 fully saturated rings. The molecule has 4 N–H and O–H groups in total. The number of nitrogens with one attached hydrogen (secondary N) is 1. The number of nitrogens with zero attached hydrogens (tertiary/aromatic N) is 1. The van der Waals surface area contributed by atoms with Crippen molar-refractivity contribution in [2.75, 3.05) is 6.54 Å². The van der Waals surface area contributed by atoms with Crippen LogP contribution in [0.4, 0.5) is 0 Å². The molecule has 6 nitrogen and oxygen atoms in total. The van der Waals surface area contributed by atoms with Gasteiger partial charge < -0.3 is 25.4 Å². The van der Waals surface area contributed by atoms with Gasteiger partial charge in [-0.25, -0.2) is 0 Å². The fourth-order valence-corrected chi connectivity index (χ4v) is 3.42. The van der Waals surface area contributed by atoms with Crippen LogP contribution in [-0.4, -0.2) is 62.4 Å². The van der Waals surface area contributed by atoms with Crippen molar-refractivity contribution < 1.29 is 20.1 Å². The van der Waals surface area contributed by atoms with Gasteiger partial charge in [-0.1, -0.05) is 18.7 Å². The van der Waals surface area contributed by atoms with Crippen LogP contribution in [0, 0.1) is 0 Å². The third-order valence-corrected chi connectivity index (χ3v) is 4.40. The van der Waals surface area contributed by atoms with Gasteiger partial charge in [0.05, 0.1) is 11.6 Å². The molecule has 0 radical (unpaired) electrons. The third-order valence-electron chi connectivity index (χ3n) is 3.30. The molecule has 0 spiro atoms. The molecule has 2 saturated heterocycles. The number of rotatable bonds is 3. The highest BCUT2D eigenvalue weighted by atomic mass is 32.2. The topological polar surface area (TPSA) is 94.3 Å². The van der Waals surface area contributed by atoms with Crippen molar-refractivity contribution in [3.8, 4) is 0 Å². The van der Waals surface area contributed by atoms with Crippen LogP contribution in [0.1, 0.15) is 27.2 Å². The summed E-state index contributed by atoms with van der Waals surface area (Å²) in [5.41, 5.74) is -1.56. The minimum atomic E-state index is -1.21. The summed E-state index contributed by atoms with van der Waals surface area (Å²) in [5, 5.41) is 34.0. The van der Waals surface area contributed by atoms with E-state index in [2.05, 4.69) is 10.3 Å². The fraction of sp³-hybridized carbons (Fsp3) is 0.917. The lowest BCUT2D eigenvalue weighted by Crippen LogP contribution is -2.63. The summed E-state index contributed by atoms with van der Waals surface area (Å²) < 4.78 is 5.73. The highest BCUT2D eigenvalue weighted by Crippen LogP contribution is 2.36. The Hall–Kier alpha value is -0.340. The maximum atomic E-state index is 10.2. The van der Waals surface area contributed by atoms with Crippen LogP contribution in [0.15, 0.2) is 4.99 Å². The molecular weight excluding hydrogens is 268 g/mol. The lowest BCUT2D eigenvalue weighted by Gasteiger charge is -2.43. The molecule has 0 aliphatic carbocycles. The normalized spacial score (nSPS) is 41.2. The molecule has 2 aliphatic rings. The average Bonchev–Trinajstić information content (AvgIpc) is 2.73. The van der Waals surface area contributed by atoms with E-state index in [9.17, 15) is 15.3 Å². The Kier molecular flexibility index (Phi) is 4.42. The SMILES string of the molecule is CCCN=C1NC2C(OC(C(C)(C)O)[C@@H](O)C2O)S1. The zero-order valence-corrected chi connectivity index (χ0v) is 12.2. The van der Waals surface area contributed by atoms with E-state index in [0.29, 0.717) is 6.54 Å². The van der Waals surface area contributed by atoms with E-state index in [1.807, 2.05) is 6.92 Å². The van der Waals surface area contributed by atoms with E-state index in [4.69, 9.17) is 4.74 Å². The number of hydrogen-bond acceptors (Lipinski definition) is 6. The Labute approximate surface area is 117 Å². The summed E-state index contributed by atoms with van der Waals surface area (Å²) in [6.45, 7) is 5.87. The molecule has 5 atom stereocenters. The van der Waals surface area contributed by atoms with Gasteiger partial charge in [0.25, 0.3) is 0 Å². The minimum Gasteiger partial charge on any atom is -0.388 e. The van der Waals surface area contributed by atoms with Gasteiger partial charge in [-0.05, 0) is 20.3 Å². The van der Waals surface area contributed by atoms with E-state index in [1.54, 1.807) is 13.8 Å². The first-order valence-corrected chi connectivity index (χ1v) is 7.44. The van der Waals surface area contributed by atoms with Crippen molar-refractivity contribution in [2.24, 2.45) is 4.99 Å². The van der Waals surface area contributed by atoms with Crippen molar-refractivity contribution in [1.29, 1.82) is 0 Å². The number of aliphatic hydroxyl groups excluding tert-OH is 2. The van der Waals surface area contributed by atoms with Crippen molar-refractivity contribution in [3.63, 3.8) is 0 Å². The molecule has 2 rings (SSSR count). The molecule has 110 valence electrons. The molecule has 0 saturated carbocycles. The summed E-state index contributed by atoms with van der Waals surface area (Å²) in [7, 11) is 0. The van der Waals surface area contributed by atoms with Crippen LogP contribution in [0.3, 0.4) is 0 Å². The molecule has 0 aromatic carbocycles. The third kappa shape index (κ3) is 3.05. The minimum absolute atomic E-state index is 0.342. The molecule has 7 heteroatoms. The summed E-state index contributed by atoms with van der Waals surface area (Å²) in [6, 6.07) is -0.394. The van der Waals surface area contributed by atoms with Crippen LogP contribution in [0.25, 0.3) is 0 Å². The fourth-order valence-electron chi connectivity index (χ4n) is 2.28. The molecule has 0 amide bonds. The summed E-state index contributed by atoms with van der Waals surface area (Å²) in [4.78, 5) is 4.35. The largest absolute Gasteiger partial charge is 0.388 e. The van der Waals surface area contributed by atoms with Gasteiger partial charge in [-0.2, -0.15) is 0 Å². The Bertz CT molecular complexity index is 358. The first-order chi connectivity index (χ1) is 8.84. The maximum Gasteiger partial charge on any atom is 0.159 e. The van der Waals surface area contributed by atoms with Gasteiger partial charge in [-0.3, -0.25) is 4.99 Å². The Morgan fingerprint density at radius 1 is 1.37 bits per heavy atom. The number of aliphatic hydroxyl groups is 3. The number of ether oxygens (including phenoxy) is 1. The lowest BCUT2D eigenvalue weighted by molar-refractivity contribution is -0.210. The first-order valence-electron chi connectivity index (χ1n) is 6.56. The van der Waals surface area contributed by atoms with Crippen LogP contribution in [-0.2, 0) is 4.74 Å². The van der Waals surface area contributed by atoms with E-state index in [0.717, 1.165) is 11.6 Å². The molecule has 2 heterocycles. The van der Waals surface area contributed by atoms with E-state index >= 15 is 0 Å². The van der Waals surface area contributed by atoms with E-state index in [-0.39, 0.29) is 5.44 Å². The highest BCUT2D eigenvalue weighted by Gasteiger charge is 2.52. The van der Waals surface area contributed by atoms with Gasteiger partial charge in [0.1, 0.15) is 23.7 Å². The van der Waals surface area contributed by atoms with Gasteiger partial charge in [-0.15, -0.1) is 0 Å². The van der Waals surface area contributed by atoms with Gasteiger partial charge in [0.15, 0.2) is 5.17 Å². The quantitative estimate of drug-likeness (QED) is 0.569. The molecule has 0 bridgehead atoms. The second-order valence-electron chi connectivity index (χ2n) is 5.53. The molecule has 4 unspecified atom stereocenters. The predicted molar refractivity (Wildman–Crippen MR) is 74.1 cm³/mol. The summed E-state index contributed by atoms with van der Waals surface area (Å²) >= 11 is 1.39. The summed E-state index contributed by atoms with van der Waals surface area (Å²) in [5.74, 6) is 0. The maximum absolute atomic E-state index is 10.2. The van der Waals surface area contributed by atoms with Crippen LogP contribution >= 0.6 is 11.8 Å². The van der Waals surface area contributed by atoms with E-state index in [1.165, 1.54) is 11.8 Å². The number of thioether (sulfide) groups is 1. The Balaban J connectivity index is 2.12. The Morgan fingerprint density at radius 2 is 2.05 bits per heavy atom. The molecule has 0 aromatic rings. The number of amidine groups is 1. The number of hydrogen-bond donors (Lipinski definition) is 4. The molecule has 0 aromatic heterocycles. The van der Waals surface area contributed by atoms with Crippen molar-refractivity contribution in [2.45, 2.75) is 62.6 Å². The molecular formula is C12H22N2O4S. The smallest absolute Gasteiger partial charge is 0.159 e. The molecule has 19 heavy (non-hydrogen) atoms. The lowest BCUT2D eigenvalue weighted by atomic mass is 9.88. The van der Waals surface area contributed by atoms with Gasteiger partial charge in [0.2, 0.25) is 0 Å². The van der Waals surface area contributed by atoms with Crippen LogP contribution < -0.4 is 5.32 Å². The zero-order valence-electron chi connectivity index (χ0n) is 11.4. The second kappa shape index (κ2) is 5.57. The van der Waals surface area contributed by atoms with E-state index < -0.39 is 30.0 Å². The monoisotopic (exact) mass is 290 g/mol. The average molecular weight is 290 g/mol. The first kappa shape index (κ1) is 15.1. The standard InChI is InChI=1S/C12H22N2O4S/c1-4-5-13-11-14-6-7(15)8(16)9(12(2,3)17)18-10(6)19-11/h6-10,15-17H,4-5H2,1-3H3,(H,13,14)/t6?,7?,8-,9?,10?/m0/s1. The predicted octanol–water partition coefficient (Wildman–Crippen LogP) is -0.325. The van der Waals surface area contributed by atoms with Gasteiger partial charge in [0, 0.05) is 6.54 Å². The van der Waals surface area contributed by atoms with Gasteiger partial charge >= 0.3 is 0 Å². The van der Waals surface area contributed by atoms with Crippen LogP contribution in [0.2, 0.25) is 0 Å². The number of fused-ring (bicyclic) bond motifs is 1. The van der Waals surface area contributed by atoms with Crippen molar-refractivity contribution in [1.82, 2.24) is 5.32 Å².